The van der Waals surface area contributed by atoms with Crippen LogP contribution in [-0.4, -0.2) is 49.2 Å². The second-order valence-corrected chi connectivity index (χ2v) is 14.2. The minimum atomic E-state index is 0.658. The minimum Gasteiger partial charge on any atom is -0.455 e. The molecular formula is C40H29B5N2OS. The van der Waals surface area contributed by atoms with E-state index >= 15 is 0 Å². The van der Waals surface area contributed by atoms with Crippen LogP contribution in [0.5, 0.6) is 0 Å². The lowest BCUT2D eigenvalue weighted by molar-refractivity contribution is 0.669. The molecule has 0 unspecified atom stereocenters. The summed E-state index contributed by atoms with van der Waals surface area (Å²) in [6.45, 7) is 0. The summed E-state index contributed by atoms with van der Waals surface area (Å²) in [6, 6.07) is 40.7. The van der Waals surface area contributed by atoms with Gasteiger partial charge in [-0.15, -0.1) is 27.7 Å². The zero-order valence-electron chi connectivity index (χ0n) is 28.2. The number of furan rings is 1. The highest BCUT2D eigenvalue weighted by atomic mass is 32.1. The van der Waals surface area contributed by atoms with E-state index in [1.807, 2.05) is 17.4 Å². The molecular weight excluding hydrogens is 611 g/mol. The van der Waals surface area contributed by atoms with E-state index in [0.717, 1.165) is 44.5 Å². The highest BCUT2D eigenvalue weighted by molar-refractivity contribution is 7.26. The average Bonchev–Trinajstić information content (AvgIpc) is 3.72. The number of hydrogen-bond donors (Lipinski definition) is 0. The molecule has 0 amide bonds. The van der Waals surface area contributed by atoms with E-state index in [2.05, 4.69) is 148 Å². The number of para-hydroxylation sites is 1. The van der Waals surface area contributed by atoms with Crippen LogP contribution < -0.4 is 27.3 Å². The van der Waals surface area contributed by atoms with Gasteiger partial charge in [-0.1, -0.05) is 95.9 Å². The number of thiophene rings is 1. The van der Waals surface area contributed by atoms with Crippen LogP contribution in [-0.2, 0) is 0 Å². The number of aromatic nitrogens is 2. The molecule has 0 atom stereocenters. The van der Waals surface area contributed by atoms with Crippen molar-refractivity contribution in [3.05, 3.63) is 115 Å². The van der Waals surface area contributed by atoms with Crippen molar-refractivity contribution < 1.29 is 4.42 Å². The van der Waals surface area contributed by atoms with E-state index in [9.17, 15) is 0 Å². The van der Waals surface area contributed by atoms with Gasteiger partial charge in [-0.05, 0) is 47.0 Å². The number of nitrogens with zero attached hydrogens (tertiary/aromatic N) is 2. The lowest BCUT2D eigenvalue weighted by atomic mass is 9.60. The molecule has 3 nitrogen and oxygen atoms in total. The van der Waals surface area contributed by atoms with Gasteiger partial charge >= 0.3 is 0 Å². The lowest BCUT2D eigenvalue weighted by Crippen LogP contribution is -2.55. The molecule has 0 radical (unpaired) electrons. The molecule has 0 aliphatic carbocycles. The summed E-state index contributed by atoms with van der Waals surface area (Å²) in [5.74, 6) is 0.658. The van der Waals surface area contributed by atoms with Crippen molar-refractivity contribution >= 4 is 120 Å². The maximum Gasteiger partial charge on any atom is 0.164 e. The van der Waals surface area contributed by atoms with Crippen LogP contribution in [0.2, 0.25) is 0 Å². The Kier molecular flexibility index (Phi) is 6.96. The van der Waals surface area contributed by atoms with Crippen molar-refractivity contribution in [2.24, 2.45) is 0 Å². The molecule has 226 valence electrons. The van der Waals surface area contributed by atoms with Crippen LogP contribution >= 0.6 is 11.3 Å². The van der Waals surface area contributed by atoms with Crippen molar-refractivity contribution in [1.29, 1.82) is 0 Å². The molecule has 0 fully saturated rings. The van der Waals surface area contributed by atoms with E-state index in [1.165, 1.54) is 64.2 Å². The third-order valence-electron chi connectivity index (χ3n) is 10.5. The summed E-state index contributed by atoms with van der Waals surface area (Å²) in [5, 5.41) is 4.75. The van der Waals surface area contributed by atoms with Gasteiger partial charge in [0.25, 0.3) is 0 Å². The molecule has 0 aliphatic heterocycles. The van der Waals surface area contributed by atoms with Crippen molar-refractivity contribution in [3.63, 3.8) is 0 Å². The second-order valence-electron chi connectivity index (χ2n) is 13.1. The first-order valence-electron chi connectivity index (χ1n) is 16.8. The number of benzene rings is 6. The Bertz CT molecular complexity index is 2760. The average molecular weight is 640 g/mol. The maximum absolute atomic E-state index is 6.68. The van der Waals surface area contributed by atoms with E-state index in [0.29, 0.717) is 5.82 Å². The van der Waals surface area contributed by atoms with Crippen LogP contribution in [0.1, 0.15) is 0 Å². The van der Waals surface area contributed by atoms with E-state index < -0.39 is 0 Å². The molecule has 0 aliphatic rings. The highest BCUT2D eigenvalue weighted by Gasteiger charge is 2.20. The first kappa shape index (κ1) is 29.9. The predicted molar refractivity (Wildman–Crippen MR) is 225 cm³/mol. The molecule has 9 aromatic rings. The second kappa shape index (κ2) is 11.4. The van der Waals surface area contributed by atoms with Gasteiger partial charge in [0.05, 0.1) is 17.0 Å². The molecule has 0 saturated heterocycles. The molecule has 3 heterocycles. The van der Waals surface area contributed by atoms with Crippen LogP contribution in [0.3, 0.4) is 0 Å². The predicted octanol–water partition coefficient (Wildman–Crippen LogP) is 2.70. The summed E-state index contributed by atoms with van der Waals surface area (Å²) < 4.78 is 9.30. The van der Waals surface area contributed by atoms with Crippen LogP contribution in [0, 0.1) is 0 Å². The van der Waals surface area contributed by atoms with Gasteiger partial charge in [-0.25, -0.2) is 9.97 Å². The Labute approximate surface area is 293 Å². The van der Waals surface area contributed by atoms with E-state index in [-0.39, 0.29) is 0 Å². The monoisotopic (exact) mass is 640 g/mol. The minimum absolute atomic E-state index is 0.658. The van der Waals surface area contributed by atoms with Crippen LogP contribution in [0.25, 0.3) is 87.1 Å². The summed E-state index contributed by atoms with van der Waals surface area (Å²) in [5.41, 5.74) is 15.5. The Morgan fingerprint density at radius 1 is 0.490 bits per heavy atom. The van der Waals surface area contributed by atoms with Gasteiger partial charge in [0.2, 0.25) is 0 Å². The first-order chi connectivity index (χ1) is 23.9. The van der Waals surface area contributed by atoms with E-state index in [4.69, 9.17) is 14.4 Å². The third-order valence-corrected chi connectivity index (χ3v) is 11.7. The fourth-order valence-electron chi connectivity index (χ4n) is 7.45. The molecule has 3 aromatic heterocycles. The SMILES string of the molecule is Bc1c(B)c(B)c(-c2cc(-c3ccccc3)nc(-c3cccc4c3oc3ccc(-c5cccc6c5sc5ccccc56)cc34)n2)c(B)c1B. The fraction of sp³-hybridized carbons (Fsp3) is 0. The fourth-order valence-corrected chi connectivity index (χ4v) is 8.69. The summed E-state index contributed by atoms with van der Waals surface area (Å²) in [6.07, 6.45) is 0. The summed E-state index contributed by atoms with van der Waals surface area (Å²) in [7, 11) is 11.1. The molecule has 0 N–H and O–H groups in total. The number of rotatable bonds is 4. The molecule has 0 bridgehead atoms. The number of fused-ring (bicyclic) bond motifs is 6. The van der Waals surface area contributed by atoms with E-state index in [1.54, 1.807) is 0 Å². The Balaban J connectivity index is 1.25. The normalized spacial score (nSPS) is 11.7. The van der Waals surface area contributed by atoms with Gasteiger partial charge < -0.3 is 4.42 Å². The smallest absolute Gasteiger partial charge is 0.164 e. The summed E-state index contributed by atoms with van der Waals surface area (Å²) in [4.78, 5) is 10.5. The van der Waals surface area contributed by atoms with Crippen LogP contribution in [0.4, 0.5) is 0 Å². The van der Waals surface area contributed by atoms with Crippen molar-refractivity contribution in [1.82, 2.24) is 9.97 Å². The zero-order valence-corrected chi connectivity index (χ0v) is 29.0. The van der Waals surface area contributed by atoms with Gasteiger partial charge in [0.1, 0.15) is 50.4 Å². The van der Waals surface area contributed by atoms with Crippen molar-refractivity contribution in [2.45, 2.75) is 0 Å². The topological polar surface area (TPSA) is 38.9 Å². The zero-order chi connectivity index (χ0) is 33.4. The van der Waals surface area contributed by atoms with Crippen molar-refractivity contribution in [2.75, 3.05) is 0 Å². The largest absolute Gasteiger partial charge is 0.455 e. The van der Waals surface area contributed by atoms with Gasteiger partial charge in [-0.2, -0.15) is 0 Å². The number of hydrogen-bond acceptors (Lipinski definition) is 4. The van der Waals surface area contributed by atoms with Gasteiger partial charge in [0, 0.05) is 36.5 Å². The standard InChI is InChI=1S/C40H29B5N2OS/c41-33-32(34(42)36(44)37(45)35(33)43)29-19-28(20-8-2-1-3-9-20)46-40(47-29)26-14-7-12-24-27-18-21(16-17-30(27)48-38(24)26)22-11-6-13-25-23-10-4-5-15-31(23)49-39(22)25/h1-19H,41-45H2. The van der Waals surface area contributed by atoms with Crippen molar-refractivity contribution in [3.8, 4) is 45.0 Å². The first-order valence-corrected chi connectivity index (χ1v) is 17.6. The maximum atomic E-state index is 6.68. The quantitative estimate of drug-likeness (QED) is 0.278. The molecule has 0 spiro atoms. The highest BCUT2D eigenvalue weighted by Crippen LogP contribution is 2.42. The summed E-state index contributed by atoms with van der Waals surface area (Å²) >= 11 is 1.86. The van der Waals surface area contributed by atoms with Gasteiger partial charge in [0.15, 0.2) is 5.82 Å². The van der Waals surface area contributed by atoms with Gasteiger partial charge in [-0.3, -0.25) is 0 Å². The Hall–Kier alpha value is -5.26. The van der Waals surface area contributed by atoms with Crippen LogP contribution in [0.15, 0.2) is 120 Å². The molecule has 6 aromatic carbocycles. The third kappa shape index (κ3) is 4.71. The lowest BCUT2D eigenvalue weighted by Gasteiger charge is -2.20. The molecule has 0 saturated carbocycles. The Morgan fingerprint density at radius 3 is 1.94 bits per heavy atom. The molecule has 9 heteroatoms. The molecule has 9 rings (SSSR count). The Morgan fingerprint density at radius 2 is 1.14 bits per heavy atom. The molecule has 49 heavy (non-hydrogen) atoms.